The van der Waals surface area contributed by atoms with Crippen LogP contribution >= 0.6 is 0 Å². The van der Waals surface area contributed by atoms with Gasteiger partial charge in [-0.3, -0.25) is 0 Å². The van der Waals surface area contributed by atoms with Gasteiger partial charge in [-0.25, -0.2) is 9.78 Å². The lowest BCUT2D eigenvalue weighted by molar-refractivity contribution is -0.141. The van der Waals surface area contributed by atoms with E-state index in [1.165, 1.54) is 6.26 Å². The smallest absolute Gasteiger partial charge is 0.433 e. The van der Waals surface area contributed by atoms with Gasteiger partial charge < -0.3 is 14.8 Å². The van der Waals surface area contributed by atoms with Crippen LogP contribution in [0.2, 0.25) is 0 Å². The minimum absolute atomic E-state index is 0.197. The predicted octanol–water partition coefficient (Wildman–Crippen LogP) is 3.05. The predicted molar refractivity (Wildman–Crippen MR) is 67.1 cm³/mol. The quantitative estimate of drug-likeness (QED) is 0.887. The number of aromatic carboxylic acids is 1. The highest BCUT2D eigenvalue weighted by atomic mass is 19.4. The van der Waals surface area contributed by atoms with Crippen LogP contribution < -0.4 is 5.32 Å². The standard InChI is InChI=1S/C13H11F3N2O3/c14-13(15,16)10-4-3-9(12(19)20)11(18-10)17-6-5-8-2-1-7-21-8/h1-4,7H,5-6H2,(H,17,18)(H,19,20). The van der Waals surface area contributed by atoms with E-state index in [1.807, 2.05) is 0 Å². The molecule has 2 N–H and O–H groups in total. The third-order valence-electron chi connectivity index (χ3n) is 2.66. The first kappa shape index (κ1) is 14.9. The molecule has 0 aliphatic carbocycles. The molecule has 112 valence electrons. The first-order valence-corrected chi connectivity index (χ1v) is 5.95. The van der Waals surface area contributed by atoms with Crippen LogP contribution in [0.25, 0.3) is 0 Å². The van der Waals surface area contributed by atoms with Crippen molar-refractivity contribution in [2.45, 2.75) is 12.6 Å². The van der Waals surface area contributed by atoms with Gasteiger partial charge in [-0.1, -0.05) is 0 Å². The van der Waals surface area contributed by atoms with E-state index in [0.717, 1.165) is 6.07 Å². The molecule has 0 unspecified atom stereocenters. The molecular weight excluding hydrogens is 289 g/mol. The Bertz CT molecular complexity index is 624. The summed E-state index contributed by atoms with van der Waals surface area (Å²) in [4.78, 5) is 14.3. The van der Waals surface area contributed by atoms with E-state index in [2.05, 4.69) is 10.3 Å². The number of hydrogen-bond acceptors (Lipinski definition) is 4. The Morgan fingerprint density at radius 2 is 2.10 bits per heavy atom. The van der Waals surface area contributed by atoms with Crippen LogP contribution in [0.5, 0.6) is 0 Å². The zero-order chi connectivity index (χ0) is 15.5. The monoisotopic (exact) mass is 300 g/mol. The van der Waals surface area contributed by atoms with Crippen molar-refractivity contribution < 1.29 is 27.5 Å². The Balaban J connectivity index is 2.16. The van der Waals surface area contributed by atoms with Crippen molar-refractivity contribution in [3.63, 3.8) is 0 Å². The molecule has 0 radical (unpaired) electrons. The molecule has 0 aromatic carbocycles. The maximum Gasteiger partial charge on any atom is 0.433 e. The van der Waals surface area contributed by atoms with Crippen molar-refractivity contribution >= 4 is 11.8 Å². The topological polar surface area (TPSA) is 75.4 Å². The largest absolute Gasteiger partial charge is 0.478 e. The van der Waals surface area contributed by atoms with Gasteiger partial charge in [0, 0.05) is 13.0 Å². The van der Waals surface area contributed by atoms with Crippen molar-refractivity contribution in [1.82, 2.24) is 4.98 Å². The molecule has 5 nitrogen and oxygen atoms in total. The van der Waals surface area contributed by atoms with E-state index in [0.29, 0.717) is 18.2 Å². The number of anilines is 1. The van der Waals surface area contributed by atoms with E-state index in [9.17, 15) is 18.0 Å². The highest BCUT2D eigenvalue weighted by Gasteiger charge is 2.33. The van der Waals surface area contributed by atoms with Crippen molar-refractivity contribution in [3.8, 4) is 0 Å². The Labute approximate surface area is 117 Å². The van der Waals surface area contributed by atoms with Crippen molar-refractivity contribution in [3.05, 3.63) is 47.5 Å². The van der Waals surface area contributed by atoms with Crippen LogP contribution in [0.4, 0.5) is 19.0 Å². The maximum atomic E-state index is 12.6. The van der Waals surface area contributed by atoms with Crippen LogP contribution in [0.1, 0.15) is 21.8 Å². The number of carboxylic acid groups (broad SMARTS) is 1. The summed E-state index contributed by atoms with van der Waals surface area (Å²) in [6.45, 7) is 0.197. The second-order valence-electron chi connectivity index (χ2n) is 4.15. The van der Waals surface area contributed by atoms with Gasteiger partial charge in [-0.15, -0.1) is 0 Å². The lowest BCUT2D eigenvalue weighted by atomic mass is 10.2. The molecule has 0 saturated carbocycles. The summed E-state index contributed by atoms with van der Waals surface area (Å²) in [7, 11) is 0. The number of alkyl halides is 3. The Kier molecular flexibility index (Phi) is 4.15. The molecule has 2 rings (SSSR count). The second-order valence-corrected chi connectivity index (χ2v) is 4.15. The van der Waals surface area contributed by atoms with E-state index in [1.54, 1.807) is 12.1 Å². The zero-order valence-electron chi connectivity index (χ0n) is 10.6. The fraction of sp³-hybridized carbons (Fsp3) is 0.231. The van der Waals surface area contributed by atoms with Gasteiger partial charge >= 0.3 is 12.1 Å². The summed E-state index contributed by atoms with van der Waals surface area (Å²) in [5.41, 5.74) is -1.46. The van der Waals surface area contributed by atoms with Gasteiger partial charge in [0.2, 0.25) is 0 Å². The molecule has 0 amide bonds. The average molecular weight is 300 g/mol. The van der Waals surface area contributed by atoms with Crippen LogP contribution in [0, 0.1) is 0 Å². The minimum Gasteiger partial charge on any atom is -0.478 e. The number of nitrogens with one attached hydrogen (secondary N) is 1. The maximum absolute atomic E-state index is 12.6. The van der Waals surface area contributed by atoms with Crippen LogP contribution in [0.15, 0.2) is 34.9 Å². The average Bonchev–Trinajstić information content (AvgIpc) is 2.90. The highest BCUT2D eigenvalue weighted by molar-refractivity contribution is 5.93. The molecule has 0 spiro atoms. The normalized spacial score (nSPS) is 11.4. The minimum atomic E-state index is -4.63. The molecule has 2 aromatic heterocycles. The number of hydrogen-bond donors (Lipinski definition) is 2. The molecule has 8 heteroatoms. The molecule has 0 fully saturated rings. The molecule has 0 aliphatic heterocycles. The van der Waals surface area contributed by atoms with Gasteiger partial charge in [-0.2, -0.15) is 13.2 Å². The molecule has 0 atom stereocenters. The number of halogens is 3. The molecule has 0 aliphatic rings. The molecular formula is C13H11F3N2O3. The summed E-state index contributed by atoms with van der Waals surface area (Å²) >= 11 is 0. The van der Waals surface area contributed by atoms with Gasteiger partial charge in [0.15, 0.2) is 0 Å². The number of rotatable bonds is 5. The van der Waals surface area contributed by atoms with Crippen molar-refractivity contribution in [2.75, 3.05) is 11.9 Å². The summed E-state index contributed by atoms with van der Waals surface area (Å²) < 4.78 is 42.9. The number of carboxylic acids is 1. The molecule has 2 heterocycles. The number of furan rings is 1. The third-order valence-corrected chi connectivity index (χ3v) is 2.66. The van der Waals surface area contributed by atoms with Crippen LogP contribution in [-0.2, 0) is 12.6 Å². The van der Waals surface area contributed by atoms with Crippen LogP contribution in [0.3, 0.4) is 0 Å². The number of nitrogens with zero attached hydrogens (tertiary/aromatic N) is 1. The van der Waals surface area contributed by atoms with Gasteiger partial charge in [0.25, 0.3) is 0 Å². The number of carbonyl (C=O) groups is 1. The number of aromatic nitrogens is 1. The summed E-state index contributed by atoms with van der Waals surface area (Å²) in [6, 6.07) is 4.91. The first-order chi connectivity index (χ1) is 9.88. The molecule has 0 saturated heterocycles. The third kappa shape index (κ3) is 3.74. The van der Waals surface area contributed by atoms with Gasteiger partial charge in [0.05, 0.1) is 6.26 Å². The molecule has 0 bridgehead atoms. The van der Waals surface area contributed by atoms with Gasteiger partial charge in [-0.05, 0) is 24.3 Å². The first-order valence-electron chi connectivity index (χ1n) is 5.95. The lowest BCUT2D eigenvalue weighted by Gasteiger charge is -2.11. The molecule has 2 aromatic rings. The Morgan fingerprint density at radius 3 is 2.67 bits per heavy atom. The Hall–Kier alpha value is -2.51. The SMILES string of the molecule is O=C(O)c1ccc(C(F)(F)F)nc1NCCc1ccco1. The van der Waals surface area contributed by atoms with Crippen LogP contribution in [-0.4, -0.2) is 22.6 Å². The van der Waals surface area contributed by atoms with E-state index >= 15 is 0 Å². The summed E-state index contributed by atoms with van der Waals surface area (Å²) in [6.07, 6.45) is -2.76. The summed E-state index contributed by atoms with van der Waals surface area (Å²) in [5.74, 6) is -1.04. The van der Waals surface area contributed by atoms with E-state index in [4.69, 9.17) is 9.52 Å². The zero-order valence-corrected chi connectivity index (χ0v) is 10.6. The molecule has 21 heavy (non-hydrogen) atoms. The van der Waals surface area contributed by atoms with Crippen molar-refractivity contribution in [2.24, 2.45) is 0 Å². The number of pyridine rings is 1. The Morgan fingerprint density at radius 1 is 1.33 bits per heavy atom. The van der Waals surface area contributed by atoms with E-state index < -0.39 is 17.8 Å². The summed E-state index contributed by atoms with van der Waals surface area (Å²) in [5, 5.41) is 11.6. The fourth-order valence-electron chi connectivity index (χ4n) is 1.68. The highest BCUT2D eigenvalue weighted by Crippen LogP contribution is 2.29. The fourth-order valence-corrected chi connectivity index (χ4v) is 1.68. The van der Waals surface area contributed by atoms with Crippen molar-refractivity contribution in [1.29, 1.82) is 0 Å². The van der Waals surface area contributed by atoms with E-state index in [-0.39, 0.29) is 17.9 Å². The lowest BCUT2D eigenvalue weighted by Crippen LogP contribution is -2.15. The van der Waals surface area contributed by atoms with Gasteiger partial charge in [0.1, 0.15) is 22.8 Å². The second kappa shape index (κ2) is 5.86.